The third-order valence-corrected chi connectivity index (χ3v) is 1.94. The van der Waals surface area contributed by atoms with Gasteiger partial charge in [-0.05, 0) is 32.9 Å². The van der Waals surface area contributed by atoms with Gasteiger partial charge in [0.2, 0.25) is 0 Å². The number of hydrogen-bond acceptors (Lipinski definition) is 3. The summed E-state index contributed by atoms with van der Waals surface area (Å²) in [4.78, 5) is 11.9. The van der Waals surface area contributed by atoms with E-state index in [1.165, 1.54) is 13.2 Å². The van der Waals surface area contributed by atoms with Gasteiger partial charge in [-0.15, -0.1) is 0 Å². The lowest BCUT2D eigenvalue weighted by Gasteiger charge is -2.21. The van der Waals surface area contributed by atoms with Crippen LogP contribution in [0.3, 0.4) is 0 Å². The summed E-state index contributed by atoms with van der Waals surface area (Å²) in [5, 5.41) is 12.4. The average Bonchev–Trinajstić information content (AvgIpc) is 2.14. The van der Waals surface area contributed by atoms with E-state index in [-0.39, 0.29) is 22.8 Å². The molecule has 0 saturated carbocycles. The number of methoxy groups -OCH3 is 1. The number of carbonyl (C=O) groups is 1. The van der Waals surface area contributed by atoms with Crippen molar-refractivity contribution in [2.75, 3.05) is 7.11 Å². The minimum absolute atomic E-state index is 0.0823. The second kappa shape index (κ2) is 4.43. The highest BCUT2D eigenvalue weighted by Crippen LogP contribution is 2.27. The number of ether oxygens (including phenoxy) is 1. The van der Waals surface area contributed by atoms with Crippen molar-refractivity contribution in [2.24, 2.45) is 0 Å². The molecule has 0 bridgehead atoms. The van der Waals surface area contributed by atoms with E-state index in [0.29, 0.717) is 5.75 Å². The zero-order valence-electron chi connectivity index (χ0n) is 10.00. The van der Waals surface area contributed by atoms with Gasteiger partial charge < -0.3 is 15.2 Å². The molecule has 0 aliphatic rings. The van der Waals surface area contributed by atoms with Crippen LogP contribution in [-0.4, -0.2) is 23.7 Å². The van der Waals surface area contributed by atoms with Crippen molar-refractivity contribution in [3.05, 3.63) is 23.8 Å². The summed E-state index contributed by atoms with van der Waals surface area (Å²) in [6, 6.07) is 4.72. The minimum atomic E-state index is -0.357. The first kappa shape index (κ1) is 12.4. The molecule has 0 fully saturated rings. The molecule has 0 heterocycles. The lowest BCUT2D eigenvalue weighted by molar-refractivity contribution is 0.0913. The SMILES string of the molecule is COc1cccc(O)c1C(=O)NC(C)(C)C. The molecule has 0 aliphatic carbocycles. The summed E-state index contributed by atoms with van der Waals surface area (Å²) in [7, 11) is 1.46. The van der Waals surface area contributed by atoms with E-state index in [2.05, 4.69) is 5.32 Å². The number of phenols is 1. The van der Waals surface area contributed by atoms with E-state index in [1.807, 2.05) is 20.8 Å². The van der Waals surface area contributed by atoms with Crippen molar-refractivity contribution in [1.82, 2.24) is 5.32 Å². The van der Waals surface area contributed by atoms with Crippen molar-refractivity contribution in [3.63, 3.8) is 0 Å². The second-order valence-corrected chi connectivity index (χ2v) is 4.56. The third-order valence-electron chi connectivity index (χ3n) is 1.94. The molecule has 0 radical (unpaired) electrons. The summed E-state index contributed by atoms with van der Waals surface area (Å²) >= 11 is 0. The molecule has 1 amide bonds. The smallest absolute Gasteiger partial charge is 0.259 e. The van der Waals surface area contributed by atoms with E-state index < -0.39 is 0 Å². The Morgan fingerprint density at radius 3 is 2.50 bits per heavy atom. The topological polar surface area (TPSA) is 58.6 Å². The van der Waals surface area contributed by atoms with Crippen molar-refractivity contribution >= 4 is 5.91 Å². The molecule has 0 saturated heterocycles. The molecule has 4 nitrogen and oxygen atoms in total. The van der Waals surface area contributed by atoms with Crippen LogP contribution in [0.1, 0.15) is 31.1 Å². The number of carbonyl (C=O) groups excluding carboxylic acids is 1. The molecule has 88 valence electrons. The number of amides is 1. The van der Waals surface area contributed by atoms with Gasteiger partial charge in [0, 0.05) is 5.54 Å². The van der Waals surface area contributed by atoms with Crippen LogP contribution in [-0.2, 0) is 0 Å². The van der Waals surface area contributed by atoms with Crippen molar-refractivity contribution in [2.45, 2.75) is 26.3 Å². The zero-order valence-corrected chi connectivity index (χ0v) is 10.00. The van der Waals surface area contributed by atoms with Gasteiger partial charge in [-0.3, -0.25) is 4.79 Å². The van der Waals surface area contributed by atoms with Crippen molar-refractivity contribution in [3.8, 4) is 11.5 Å². The quantitative estimate of drug-likeness (QED) is 0.805. The Morgan fingerprint density at radius 2 is 2.00 bits per heavy atom. The molecule has 1 aromatic rings. The molecule has 0 spiro atoms. The van der Waals surface area contributed by atoms with E-state index >= 15 is 0 Å². The fourth-order valence-electron chi connectivity index (χ4n) is 1.32. The van der Waals surface area contributed by atoms with E-state index in [0.717, 1.165) is 0 Å². The molecule has 1 rings (SSSR count). The molecule has 0 unspecified atom stereocenters. The Labute approximate surface area is 95.2 Å². The monoisotopic (exact) mass is 223 g/mol. The summed E-state index contributed by atoms with van der Waals surface area (Å²) in [5.41, 5.74) is -0.190. The largest absolute Gasteiger partial charge is 0.507 e. The maximum absolute atomic E-state index is 11.9. The first-order valence-electron chi connectivity index (χ1n) is 5.03. The maximum Gasteiger partial charge on any atom is 0.259 e. The maximum atomic E-state index is 11.9. The molecule has 0 atom stereocenters. The highest BCUT2D eigenvalue weighted by atomic mass is 16.5. The van der Waals surface area contributed by atoms with Gasteiger partial charge in [0.15, 0.2) is 0 Å². The fraction of sp³-hybridized carbons (Fsp3) is 0.417. The van der Waals surface area contributed by atoms with Crippen LogP contribution in [0, 0.1) is 0 Å². The van der Waals surface area contributed by atoms with E-state index in [1.54, 1.807) is 12.1 Å². The highest BCUT2D eigenvalue weighted by molar-refractivity contribution is 5.99. The third kappa shape index (κ3) is 2.89. The van der Waals surface area contributed by atoms with Crippen molar-refractivity contribution in [1.29, 1.82) is 0 Å². The predicted molar refractivity (Wildman–Crippen MR) is 61.9 cm³/mol. The summed E-state index contributed by atoms with van der Waals surface area (Å²) < 4.78 is 5.04. The molecular weight excluding hydrogens is 206 g/mol. The van der Waals surface area contributed by atoms with Crippen LogP contribution >= 0.6 is 0 Å². The summed E-state index contributed by atoms with van der Waals surface area (Å²) in [6.45, 7) is 5.62. The van der Waals surface area contributed by atoms with Crippen LogP contribution in [0.25, 0.3) is 0 Å². The first-order valence-corrected chi connectivity index (χ1v) is 5.03. The summed E-state index contributed by atoms with van der Waals surface area (Å²) in [5.74, 6) is -0.0645. The average molecular weight is 223 g/mol. The lowest BCUT2D eigenvalue weighted by Crippen LogP contribution is -2.40. The van der Waals surface area contributed by atoms with Gasteiger partial charge in [-0.2, -0.15) is 0 Å². The lowest BCUT2D eigenvalue weighted by atomic mass is 10.1. The molecule has 0 aliphatic heterocycles. The molecular formula is C12H17NO3. The Morgan fingerprint density at radius 1 is 1.38 bits per heavy atom. The number of hydrogen-bond donors (Lipinski definition) is 2. The Kier molecular flexibility index (Phi) is 3.42. The summed E-state index contributed by atoms with van der Waals surface area (Å²) in [6.07, 6.45) is 0. The molecule has 0 aromatic heterocycles. The van der Waals surface area contributed by atoms with Gasteiger partial charge >= 0.3 is 0 Å². The van der Waals surface area contributed by atoms with Crippen LogP contribution < -0.4 is 10.1 Å². The van der Waals surface area contributed by atoms with Gasteiger partial charge in [-0.25, -0.2) is 0 Å². The molecule has 1 aromatic carbocycles. The van der Waals surface area contributed by atoms with E-state index in [9.17, 15) is 9.90 Å². The van der Waals surface area contributed by atoms with Gasteiger partial charge in [-0.1, -0.05) is 6.07 Å². The number of aromatic hydroxyl groups is 1. The van der Waals surface area contributed by atoms with Crippen LogP contribution in [0.4, 0.5) is 0 Å². The fourth-order valence-corrected chi connectivity index (χ4v) is 1.32. The van der Waals surface area contributed by atoms with Crippen LogP contribution in [0.15, 0.2) is 18.2 Å². The van der Waals surface area contributed by atoms with Crippen molar-refractivity contribution < 1.29 is 14.6 Å². The first-order chi connectivity index (χ1) is 7.35. The Bertz CT molecular complexity index is 394. The van der Waals surface area contributed by atoms with E-state index in [4.69, 9.17) is 4.74 Å². The highest BCUT2D eigenvalue weighted by Gasteiger charge is 2.21. The van der Waals surface area contributed by atoms with Gasteiger partial charge in [0.1, 0.15) is 17.1 Å². The Hall–Kier alpha value is -1.71. The second-order valence-electron chi connectivity index (χ2n) is 4.56. The Balaban J connectivity index is 3.08. The molecule has 2 N–H and O–H groups in total. The zero-order chi connectivity index (χ0) is 12.3. The standard InChI is InChI=1S/C12H17NO3/c1-12(2,3)13-11(15)10-8(14)6-5-7-9(10)16-4/h5-7,14H,1-4H3,(H,13,15). The number of phenolic OH excluding ortho intramolecular Hbond substituents is 1. The van der Waals surface area contributed by atoms with Gasteiger partial charge in [0.25, 0.3) is 5.91 Å². The minimum Gasteiger partial charge on any atom is -0.507 e. The van der Waals surface area contributed by atoms with Gasteiger partial charge in [0.05, 0.1) is 7.11 Å². The normalized spacial score (nSPS) is 11.0. The van der Waals surface area contributed by atoms with Crippen LogP contribution in [0.2, 0.25) is 0 Å². The number of rotatable bonds is 2. The predicted octanol–water partition coefficient (Wildman–Crippen LogP) is 1.93. The number of nitrogens with one attached hydrogen (secondary N) is 1. The molecule has 4 heteroatoms. The molecule has 16 heavy (non-hydrogen) atoms. The number of benzene rings is 1. The van der Waals surface area contributed by atoms with Crippen LogP contribution in [0.5, 0.6) is 11.5 Å².